The van der Waals surface area contributed by atoms with Crippen molar-refractivity contribution in [2.45, 2.75) is 13.0 Å². The Morgan fingerprint density at radius 1 is 1.50 bits per heavy atom. The molecule has 1 fully saturated rings. The van der Waals surface area contributed by atoms with Crippen LogP contribution in [0.5, 0.6) is 0 Å². The SMILES string of the molecule is CC1CSCC1Nc1cncc(F)c1. The molecule has 2 atom stereocenters. The lowest BCUT2D eigenvalue weighted by Gasteiger charge is -2.17. The quantitative estimate of drug-likeness (QED) is 0.814. The fourth-order valence-corrected chi connectivity index (χ4v) is 2.96. The van der Waals surface area contributed by atoms with E-state index in [-0.39, 0.29) is 5.82 Å². The normalized spacial score (nSPS) is 26.4. The Labute approximate surface area is 87.3 Å². The standard InChI is InChI=1S/C10H13FN2S/c1-7-5-14-6-10(7)13-9-2-8(11)3-12-4-9/h2-4,7,10,13H,5-6H2,1H3. The van der Waals surface area contributed by atoms with Crippen LogP contribution in [0, 0.1) is 11.7 Å². The summed E-state index contributed by atoms with van der Waals surface area (Å²) in [6, 6.07) is 1.94. The molecule has 1 aliphatic rings. The molecule has 0 aromatic carbocycles. The molecular formula is C10H13FN2S. The van der Waals surface area contributed by atoms with E-state index in [0.29, 0.717) is 12.0 Å². The highest BCUT2D eigenvalue weighted by Gasteiger charge is 2.23. The summed E-state index contributed by atoms with van der Waals surface area (Å²) in [5, 5.41) is 3.31. The lowest BCUT2D eigenvalue weighted by atomic mass is 10.1. The maximum Gasteiger partial charge on any atom is 0.143 e. The minimum absolute atomic E-state index is 0.284. The summed E-state index contributed by atoms with van der Waals surface area (Å²) in [7, 11) is 0. The molecule has 2 heterocycles. The summed E-state index contributed by atoms with van der Waals surface area (Å²) in [5.74, 6) is 2.63. The molecule has 0 amide bonds. The van der Waals surface area contributed by atoms with Crippen LogP contribution in [0.3, 0.4) is 0 Å². The zero-order valence-corrected chi connectivity index (χ0v) is 8.85. The summed E-state index contributed by atoms with van der Waals surface area (Å²) in [6.07, 6.45) is 2.89. The second-order valence-corrected chi connectivity index (χ2v) is 4.73. The second-order valence-electron chi connectivity index (χ2n) is 3.66. The van der Waals surface area contributed by atoms with E-state index in [1.807, 2.05) is 11.8 Å². The predicted octanol–water partition coefficient (Wildman–Crippen LogP) is 2.38. The summed E-state index contributed by atoms with van der Waals surface area (Å²) in [5.41, 5.74) is 0.782. The minimum Gasteiger partial charge on any atom is -0.380 e. The van der Waals surface area contributed by atoms with Crippen LogP contribution in [-0.2, 0) is 0 Å². The number of thioether (sulfide) groups is 1. The maximum atomic E-state index is 12.8. The largest absolute Gasteiger partial charge is 0.380 e. The fraction of sp³-hybridized carbons (Fsp3) is 0.500. The van der Waals surface area contributed by atoms with Crippen molar-refractivity contribution in [2.75, 3.05) is 16.8 Å². The average Bonchev–Trinajstić information content (AvgIpc) is 2.52. The molecule has 1 saturated heterocycles. The molecule has 76 valence electrons. The molecule has 0 radical (unpaired) electrons. The zero-order valence-electron chi connectivity index (χ0n) is 8.03. The number of pyridine rings is 1. The van der Waals surface area contributed by atoms with Crippen molar-refractivity contribution in [2.24, 2.45) is 5.92 Å². The van der Waals surface area contributed by atoms with Crippen LogP contribution < -0.4 is 5.32 Å². The first-order chi connectivity index (χ1) is 6.75. The van der Waals surface area contributed by atoms with E-state index in [1.54, 1.807) is 6.20 Å². The minimum atomic E-state index is -0.284. The fourth-order valence-electron chi connectivity index (χ4n) is 1.55. The van der Waals surface area contributed by atoms with Gasteiger partial charge in [-0.2, -0.15) is 11.8 Å². The number of rotatable bonds is 2. The van der Waals surface area contributed by atoms with Crippen molar-refractivity contribution in [1.29, 1.82) is 0 Å². The van der Waals surface area contributed by atoms with Crippen molar-refractivity contribution < 1.29 is 4.39 Å². The molecule has 0 spiro atoms. The molecule has 2 unspecified atom stereocenters. The van der Waals surface area contributed by atoms with Crippen LogP contribution in [0.1, 0.15) is 6.92 Å². The summed E-state index contributed by atoms with van der Waals surface area (Å²) >= 11 is 1.94. The number of nitrogens with zero attached hydrogens (tertiary/aromatic N) is 1. The molecular weight excluding hydrogens is 199 g/mol. The van der Waals surface area contributed by atoms with Gasteiger partial charge < -0.3 is 5.32 Å². The Balaban J connectivity index is 2.03. The molecule has 0 bridgehead atoms. The molecule has 14 heavy (non-hydrogen) atoms. The van der Waals surface area contributed by atoms with Gasteiger partial charge in [0.2, 0.25) is 0 Å². The van der Waals surface area contributed by atoms with E-state index in [0.717, 1.165) is 11.4 Å². The topological polar surface area (TPSA) is 24.9 Å². The summed E-state index contributed by atoms with van der Waals surface area (Å²) in [6.45, 7) is 2.21. The van der Waals surface area contributed by atoms with Crippen molar-refractivity contribution in [1.82, 2.24) is 4.98 Å². The van der Waals surface area contributed by atoms with Gasteiger partial charge in [-0.05, 0) is 11.7 Å². The van der Waals surface area contributed by atoms with Crippen LogP contribution >= 0.6 is 11.8 Å². The van der Waals surface area contributed by atoms with Gasteiger partial charge in [0.25, 0.3) is 0 Å². The van der Waals surface area contributed by atoms with Crippen LogP contribution in [0.2, 0.25) is 0 Å². The molecule has 1 aliphatic heterocycles. The van der Waals surface area contributed by atoms with Crippen LogP contribution in [0.25, 0.3) is 0 Å². The van der Waals surface area contributed by atoms with Crippen LogP contribution in [0.4, 0.5) is 10.1 Å². The van der Waals surface area contributed by atoms with Crippen molar-refractivity contribution in [3.8, 4) is 0 Å². The van der Waals surface area contributed by atoms with Gasteiger partial charge in [0, 0.05) is 17.9 Å². The van der Waals surface area contributed by atoms with Crippen LogP contribution in [-0.4, -0.2) is 22.5 Å². The van der Waals surface area contributed by atoms with Crippen molar-refractivity contribution >= 4 is 17.4 Å². The number of hydrogen-bond acceptors (Lipinski definition) is 3. The maximum absolute atomic E-state index is 12.8. The van der Waals surface area contributed by atoms with Gasteiger partial charge in [0.1, 0.15) is 5.82 Å². The van der Waals surface area contributed by atoms with Gasteiger partial charge in [-0.15, -0.1) is 0 Å². The van der Waals surface area contributed by atoms with Crippen molar-refractivity contribution in [3.05, 3.63) is 24.3 Å². The number of nitrogens with one attached hydrogen (secondary N) is 1. The molecule has 0 aliphatic carbocycles. The van der Waals surface area contributed by atoms with Gasteiger partial charge in [-0.1, -0.05) is 6.92 Å². The Morgan fingerprint density at radius 2 is 2.36 bits per heavy atom. The number of anilines is 1. The molecule has 0 saturated carbocycles. The third-order valence-electron chi connectivity index (χ3n) is 2.42. The molecule has 2 nitrogen and oxygen atoms in total. The van der Waals surface area contributed by atoms with Crippen molar-refractivity contribution in [3.63, 3.8) is 0 Å². The van der Waals surface area contributed by atoms with Gasteiger partial charge >= 0.3 is 0 Å². The van der Waals surface area contributed by atoms with E-state index in [9.17, 15) is 4.39 Å². The lowest BCUT2D eigenvalue weighted by molar-refractivity contribution is 0.595. The first-order valence-electron chi connectivity index (χ1n) is 4.70. The molecule has 1 N–H and O–H groups in total. The second kappa shape index (κ2) is 4.17. The Morgan fingerprint density at radius 3 is 3.00 bits per heavy atom. The number of hydrogen-bond donors (Lipinski definition) is 1. The van der Waals surface area contributed by atoms with Gasteiger partial charge in [-0.3, -0.25) is 4.98 Å². The Bertz CT molecular complexity index is 319. The molecule has 1 aromatic rings. The Hall–Kier alpha value is -0.770. The number of aromatic nitrogens is 1. The third-order valence-corrected chi connectivity index (χ3v) is 3.78. The summed E-state index contributed by atoms with van der Waals surface area (Å²) < 4.78 is 12.8. The highest BCUT2D eigenvalue weighted by atomic mass is 32.2. The van der Waals surface area contributed by atoms with Crippen LogP contribution in [0.15, 0.2) is 18.5 Å². The van der Waals surface area contributed by atoms with E-state index in [2.05, 4.69) is 17.2 Å². The van der Waals surface area contributed by atoms with Gasteiger partial charge in [0.15, 0.2) is 0 Å². The smallest absolute Gasteiger partial charge is 0.143 e. The van der Waals surface area contributed by atoms with E-state index >= 15 is 0 Å². The first-order valence-corrected chi connectivity index (χ1v) is 5.86. The van der Waals surface area contributed by atoms with E-state index in [1.165, 1.54) is 18.0 Å². The molecule has 1 aromatic heterocycles. The zero-order chi connectivity index (χ0) is 9.97. The first kappa shape index (κ1) is 9.77. The monoisotopic (exact) mass is 212 g/mol. The van der Waals surface area contributed by atoms with Gasteiger partial charge in [0.05, 0.1) is 18.1 Å². The molecule has 2 rings (SSSR count). The van der Waals surface area contributed by atoms with E-state index < -0.39 is 0 Å². The average molecular weight is 212 g/mol. The molecule has 4 heteroatoms. The summed E-state index contributed by atoms with van der Waals surface area (Å²) in [4.78, 5) is 3.81. The van der Waals surface area contributed by atoms with Gasteiger partial charge in [-0.25, -0.2) is 4.39 Å². The predicted molar refractivity (Wildman–Crippen MR) is 58.1 cm³/mol. The highest BCUT2D eigenvalue weighted by molar-refractivity contribution is 7.99. The third kappa shape index (κ3) is 2.18. The van der Waals surface area contributed by atoms with E-state index in [4.69, 9.17) is 0 Å². The number of halogens is 1. The Kier molecular flexibility index (Phi) is 2.91. The highest BCUT2D eigenvalue weighted by Crippen LogP contribution is 2.26. The lowest BCUT2D eigenvalue weighted by Crippen LogP contribution is -2.25.